The molecule has 1 heterocycles. The van der Waals surface area contributed by atoms with Gasteiger partial charge in [0.05, 0.1) is 6.42 Å². The number of rotatable bonds is 3. The molecule has 4 nitrogen and oxygen atoms in total. The van der Waals surface area contributed by atoms with Gasteiger partial charge in [0.1, 0.15) is 0 Å². The van der Waals surface area contributed by atoms with Crippen molar-refractivity contribution in [2.45, 2.75) is 51.5 Å². The topological polar surface area (TPSA) is 49.4 Å². The molecule has 0 unspecified atom stereocenters. The zero-order valence-electron chi connectivity index (χ0n) is 12.5. The summed E-state index contributed by atoms with van der Waals surface area (Å²) in [6.07, 6.45) is 6.36. The molecule has 2 aliphatic rings. The van der Waals surface area contributed by atoms with E-state index in [1.165, 1.54) is 19.3 Å². The summed E-state index contributed by atoms with van der Waals surface area (Å²) in [6, 6.07) is 5.95. The van der Waals surface area contributed by atoms with Crippen LogP contribution in [-0.4, -0.2) is 29.3 Å². The maximum atomic E-state index is 12.8. The highest BCUT2D eigenvalue weighted by molar-refractivity contribution is 6.02. The molecule has 0 aromatic heterocycles. The van der Waals surface area contributed by atoms with E-state index < -0.39 is 0 Å². The first-order valence-corrected chi connectivity index (χ1v) is 7.93. The number of anilines is 1. The average Bonchev–Trinajstić information content (AvgIpc) is 2.88. The minimum absolute atomic E-state index is 0.00854. The highest BCUT2D eigenvalue weighted by Crippen LogP contribution is 2.27. The van der Waals surface area contributed by atoms with Crippen LogP contribution in [-0.2, 0) is 11.2 Å². The lowest BCUT2D eigenvalue weighted by Crippen LogP contribution is -2.41. The normalized spacial score (nSPS) is 18.2. The second-order valence-electron chi connectivity index (χ2n) is 5.98. The van der Waals surface area contributed by atoms with Gasteiger partial charge in [0.2, 0.25) is 5.91 Å². The summed E-state index contributed by atoms with van der Waals surface area (Å²) in [5.74, 6) is 0.0996. The van der Waals surface area contributed by atoms with E-state index >= 15 is 0 Å². The number of amides is 2. The number of hydrogen-bond donors (Lipinski definition) is 1. The van der Waals surface area contributed by atoms with E-state index in [9.17, 15) is 9.59 Å². The molecule has 112 valence electrons. The Morgan fingerprint density at radius 2 is 2.05 bits per heavy atom. The van der Waals surface area contributed by atoms with Crippen LogP contribution in [0.4, 0.5) is 5.69 Å². The van der Waals surface area contributed by atoms with Gasteiger partial charge in [-0.15, -0.1) is 0 Å². The van der Waals surface area contributed by atoms with E-state index in [0.29, 0.717) is 18.0 Å². The standard InChI is InChI=1S/C17H22N2O2/c1-2-19(14-6-4-3-5-7-14)17(21)13-9-8-12-11-16(20)18-15(12)10-13/h8-10,14H,2-7,11H2,1H3,(H,18,20). The lowest BCUT2D eigenvalue weighted by atomic mass is 9.93. The molecule has 4 heteroatoms. The van der Waals surface area contributed by atoms with Crippen LogP contribution in [0, 0.1) is 0 Å². The molecule has 1 fully saturated rings. The van der Waals surface area contributed by atoms with Crippen LogP contribution in [0.15, 0.2) is 18.2 Å². The Morgan fingerprint density at radius 3 is 2.76 bits per heavy atom. The van der Waals surface area contributed by atoms with Crippen molar-refractivity contribution < 1.29 is 9.59 Å². The molecule has 3 rings (SSSR count). The first kappa shape index (κ1) is 14.1. The molecule has 0 atom stereocenters. The number of fused-ring (bicyclic) bond motifs is 1. The van der Waals surface area contributed by atoms with Gasteiger partial charge in [-0.25, -0.2) is 0 Å². The monoisotopic (exact) mass is 286 g/mol. The van der Waals surface area contributed by atoms with Crippen LogP contribution in [0.3, 0.4) is 0 Å². The molecule has 2 amide bonds. The van der Waals surface area contributed by atoms with Gasteiger partial charge in [0.25, 0.3) is 5.91 Å². The van der Waals surface area contributed by atoms with E-state index in [2.05, 4.69) is 5.32 Å². The minimum atomic E-state index is 0.00854. The Morgan fingerprint density at radius 1 is 1.29 bits per heavy atom. The Kier molecular flexibility index (Phi) is 3.95. The highest BCUT2D eigenvalue weighted by Gasteiger charge is 2.26. The lowest BCUT2D eigenvalue weighted by molar-refractivity contribution is -0.115. The molecule has 1 aliphatic heterocycles. The number of benzene rings is 1. The second-order valence-corrected chi connectivity index (χ2v) is 5.98. The van der Waals surface area contributed by atoms with Crippen molar-refractivity contribution in [1.29, 1.82) is 0 Å². The predicted molar refractivity (Wildman–Crippen MR) is 82.4 cm³/mol. The Balaban J connectivity index is 1.80. The molecule has 0 bridgehead atoms. The smallest absolute Gasteiger partial charge is 0.254 e. The predicted octanol–water partition coefficient (Wildman–Crippen LogP) is 2.98. The first-order valence-electron chi connectivity index (χ1n) is 7.93. The van der Waals surface area contributed by atoms with Crippen molar-refractivity contribution in [2.24, 2.45) is 0 Å². The van der Waals surface area contributed by atoms with Gasteiger partial charge < -0.3 is 10.2 Å². The van der Waals surface area contributed by atoms with E-state index in [-0.39, 0.29) is 11.8 Å². The third-order valence-corrected chi connectivity index (χ3v) is 4.60. The number of hydrogen-bond acceptors (Lipinski definition) is 2. The van der Waals surface area contributed by atoms with E-state index in [1.807, 2.05) is 30.0 Å². The molecule has 1 saturated carbocycles. The average molecular weight is 286 g/mol. The minimum Gasteiger partial charge on any atom is -0.336 e. The van der Waals surface area contributed by atoms with Crippen molar-refractivity contribution in [3.63, 3.8) is 0 Å². The number of carbonyl (C=O) groups is 2. The molecule has 0 spiro atoms. The van der Waals surface area contributed by atoms with Crippen molar-refractivity contribution in [1.82, 2.24) is 4.90 Å². The summed E-state index contributed by atoms with van der Waals surface area (Å²) in [4.78, 5) is 26.2. The van der Waals surface area contributed by atoms with Gasteiger partial charge in [0, 0.05) is 23.8 Å². The second kappa shape index (κ2) is 5.88. The molecule has 1 aromatic rings. The number of carbonyl (C=O) groups excluding carboxylic acids is 2. The summed E-state index contributed by atoms with van der Waals surface area (Å²) < 4.78 is 0. The molecular weight excluding hydrogens is 264 g/mol. The summed E-state index contributed by atoms with van der Waals surface area (Å²) in [7, 11) is 0. The summed E-state index contributed by atoms with van der Waals surface area (Å²) >= 11 is 0. The van der Waals surface area contributed by atoms with E-state index in [4.69, 9.17) is 0 Å². The molecule has 0 radical (unpaired) electrons. The summed E-state index contributed by atoms with van der Waals surface area (Å²) in [6.45, 7) is 2.79. The molecule has 21 heavy (non-hydrogen) atoms. The Labute approximate surface area is 125 Å². The zero-order valence-corrected chi connectivity index (χ0v) is 12.5. The first-order chi connectivity index (χ1) is 10.2. The quantitative estimate of drug-likeness (QED) is 0.928. The summed E-state index contributed by atoms with van der Waals surface area (Å²) in [5, 5.41) is 2.82. The zero-order chi connectivity index (χ0) is 14.8. The van der Waals surface area contributed by atoms with Crippen LogP contribution in [0.1, 0.15) is 54.9 Å². The van der Waals surface area contributed by atoms with E-state index in [1.54, 1.807) is 0 Å². The van der Waals surface area contributed by atoms with Gasteiger partial charge in [-0.05, 0) is 37.5 Å². The maximum absolute atomic E-state index is 12.8. The number of nitrogens with zero attached hydrogens (tertiary/aromatic N) is 1. The van der Waals surface area contributed by atoms with Crippen LogP contribution < -0.4 is 5.32 Å². The van der Waals surface area contributed by atoms with Crippen molar-refractivity contribution >= 4 is 17.5 Å². The van der Waals surface area contributed by atoms with Gasteiger partial charge in [-0.3, -0.25) is 9.59 Å². The largest absolute Gasteiger partial charge is 0.336 e. The SMILES string of the molecule is CCN(C(=O)c1ccc2c(c1)NC(=O)C2)C1CCCCC1. The third-order valence-electron chi connectivity index (χ3n) is 4.60. The fraction of sp³-hybridized carbons (Fsp3) is 0.529. The van der Waals surface area contributed by atoms with Gasteiger partial charge in [0.15, 0.2) is 0 Å². The third kappa shape index (κ3) is 2.80. The van der Waals surface area contributed by atoms with Crippen molar-refractivity contribution in [2.75, 3.05) is 11.9 Å². The number of nitrogens with one attached hydrogen (secondary N) is 1. The molecule has 0 saturated heterocycles. The van der Waals surface area contributed by atoms with Crippen LogP contribution in [0.5, 0.6) is 0 Å². The Hall–Kier alpha value is -1.84. The molecule has 1 N–H and O–H groups in total. The van der Waals surface area contributed by atoms with Gasteiger partial charge in [-0.2, -0.15) is 0 Å². The van der Waals surface area contributed by atoms with Crippen molar-refractivity contribution in [3.8, 4) is 0 Å². The van der Waals surface area contributed by atoms with Crippen LogP contribution in [0.2, 0.25) is 0 Å². The fourth-order valence-corrected chi connectivity index (χ4v) is 3.47. The fourth-order valence-electron chi connectivity index (χ4n) is 3.47. The van der Waals surface area contributed by atoms with Crippen LogP contribution >= 0.6 is 0 Å². The van der Waals surface area contributed by atoms with Crippen LogP contribution in [0.25, 0.3) is 0 Å². The molecule has 1 aromatic carbocycles. The summed E-state index contributed by atoms with van der Waals surface area (Å²) in [5.41, 5.74) is 2.46. The highest BCUT2D eigenvalue weighted by atomic mass is 16.2. The van der Waals surface area contributed by atoms with Gasteiger partial charge >= 0.3 is 0 Å². The maximum Gasteiger partial charge on any atom is 0.254 e. The van der Waals surface area contributed by atoms with Gasteiger partial charge in [-0.1, -0.05) is 25.3 Å². The molecule has 1 aliphatic carbocycles. The molecular formula is C17H22N2O2. The van der Waals surface area contributed by atoms with E-state index in [0.717, 1.165) is 30.6 Å². The Bertz CT molecular complexity index is 562. The lowest BCUT2D eigenvalue weighted by Gasteiger charge is -2.33. The van der Waals surface area contributed by atoms with Crippen molar-refractivity contribution in [3.05, 3.63) is 29.3 Å².